The molecule has 1 spiro atoms. The van der Waals surface area contributed by atoms with Crippen molar-refractivity contribution in [2.24, 2.45) is 0 Å². The van der Waals surface area contributed by atoms with Crippen LogP contribution in [0.15, 0.2) is 12.1 Å². The molecule has 0 aliphatic carbocycles. The molecule has 0 bridgehead atoms. The molecule has 2 aliphatic heterocycles. The van der Waals surface area contributed by atoms with Crippen LogP contribution in [0.2, 0.25) is 0 Å². The van der Waals surface area contributed by atoms with Crippen molar-refractivity contribution >= 4 is 11.9 Å². The lowest BCUT2D eigenvalue weighted by atomic mass is 9.82. The first-order valence-corrected chi connectivity index (χ1v) is 7.83. The summed E-state index contributed by atoms with van der Waals surface area (Å²) in [6.07, 6.45) is 1.07. The highest BCUT2D eigenvalue weighted by Gasteiger charge is 2.45. The molecule has 3 rings (SSSR count). The van der Waals surface area contributed by atoms with E-state index in [2.05, 4.69) is 0 Å². The van der Waals surface area contributed by atoms with Crippen LogP contribution < -0.4 is 14.2 Å². The predicted octanol–water partition coefficient (Wildman–Crippen LogP) is 2.27. The van der Waals surface area contributed by atoms with E-state index in [4.69, 9.17) is 18.9 Å². The average Bonchev–Trinajstić information content (AvgIpc) is 2.60. The lowest BCUT2D eigenvalue weighted by Gasteiger charge is -2.43. The molecule has 1 saturated heterocycles. The maximum atomic E-state index is 12.6. The zero-order chi connectivity index (χ0) is 17.3. The Labute approximate surface area is 140 Å². The van der Waals surface area contributed by atoms with Gasteiger partial charge in [-0.1, -0.05) is 0 Å². The summed E-state index contributed by atoms with van der Waals surface area (Å²) in [6, 6.07) is 3.41. The molecule has 1 amide bonds. The van der Waals surface area contributed by atoms with Crippen LogP contribution in [0.3, 0.4) is 0 Å². The third kappa shape index (κ3) is 2.64. The number of methoxy groups -OCH3 is 3. The van der Waals surface area contributed by atoms with Crippen molar-refractivity contribution in [2.75, 3.05) is 34.4 Å². The second-order valence-electron chi connectivity index (χ2n) is 6.02. The number of fused-ring (bicyclic) bond motifs is 1. The molecule has 0 unspecified atom stereocenters. The number of likely N-dealkylation sites (tertiary alicyclic amines) is 1. The van der Waals surface area contributed by atoms with Gasteiger partial charge in [0.25, 0.3) is 0 Å². The van der Waals surface area contributed by atoms with Crippen LogP contribution in [0.25, 0.3) is 0 Å². The van der Waals surface area contributed by atoms with Gasteiger partial charge in [0.2, 0.25) is 5.75 Å². The Kier molecular flexibility index (Phi) is 4.26. The minimum atomic E-state index is -0.617. The zero-order valence-electron chi connectivity index (χ0n) is 14.1. The number of benzene rings is 1. The van der Waals surface area contributed by atoms with Gasteiger partial charge in [-0.25, -0.2) is 4.79 Å². The molecule has 0 atom stereocenters. The van der Waals surface area contributed by atoms with E-state index in [0.29, 0.717) is 55.2 Å². The van der Waals surface area contributed by atoms with Crippen LogP contribution >= 0.6 is 0 Å². The Balaban J connectivity index is 1.89. The molecule has 130 valence electrons. The fourth-order valence-electron chi connectivity index (χ4n) is 3.36. The fourth-order valence-corrected chi connectivity index (χ4v) is 3.36. The molecule has 1 aromatic carbocycles. The van der Waals surface area contributed by atoms with E-state index in [1.807, 2.05) is 0 Å². The van der Waals surface area contributed by atoms with Gasteiger partial charge in [0.1, 0.15) is 5.60 Å². The first kappa shape index (κ1) is 16.4. The molecular formula is C17H21NO6. The van der Waals surface area contributed by atoms with Crippen LogP contribution in [0.1, 0.15) is 29.6 Å². The van der Waals surface area contributed by atoms with E-state index in [-0.39, 0.29) is 11.9 Å². The second-order valence-corrected chi connectivity index (χ2v) is 6.02. The Bertz CT molecular complexity index is 663. The van der Waals surface area contributed by atoms with Gasteiger partial charge in [-0.05, 0) is 12.1 Å². The molecule has 0 saturated carbocycles. The molecule has 2 heterocycles. The summed E-state index contributed by atoms with van der Waals surface area (Å²) in [6.45, 7) is 0.975. The van der Waals surface area contributed by atoms with Gasteiger partial charge in [0, 0.05) is 25.9 Å². The number of hydrogen-bond donors (Lipinski definition) is 0. The highest BCUT2D eigenvalue weighted by atomic mass is 16.6. The number of carbonyl (C=O) groups excluding carboxylic acids is 2. The van der Waals surface area contributed by atoms with Crippen molar-refractivity contribution in [2.45, 2.75) is 24.9 Å². The van der Waals surface area contributed by atoms with Crippen LogP contribution in [-0.2, 0) is 4.74 Å². The summed E-state index contributed by atoms with van der Waals surface area (Å²) in [5.41, 5.74) is -0.109. The average molecular weight is 335 g/mol. The van der Waals surface area contributed by atoms with Crippen molar-refractivity contribution in [3.8, 4) is 17.2 Å². The maximum Gasteiger partial charge on any atom is 0.409 e. The van der Waals surface area contributed by atoms with Gasteiger partial charge in [0.05, 0.1) is 33.3 Å². The number of hydrogen-bond acceptors (Lipinski definition) is 6. The Morgan fingerprint density at radius 1 is 1.17 bits per heavy atom. The third-order valence-corrected chi connectivity index (χ3v) is 4.71. The third-order valence-electron chi connectivity index (χ3n) is 4.71. The van der Waals surface area contributed by atoms with Gasteiger partial charge < -0.3 is 23.8 Å². The Hall–Kier alpha value is -2.44. The lowest BCUT2D eigenvalue weighted by molar-refractivity contribution is -0.00885. The van der Waals surface area contributed by atoms with Crippen molar-refractivity contribution in [1.82, 2.24) is 4.90 Å². The predicted molar refractivity (Wildman–Crippen MR) is 85.1 cm³/mol. The zero-order valence-corrected chi connectivity index (χ0v) is 14.1. The number of Topliss-reactive ketones (excluding diaryl/α,β-unsaturated/α-hetero) is 1. The molecule has 2 aliphatic rings. The number of carbonyl (C=O) groups is 2. The van der Waals surface area contributed by atoms with Crippen molar-refractivity contribution in [3.63, 3.8) is 0 Å². The van der Waals surface area contributed by atoms with E-state index in [9.17, 15) is 9.59 Å². The van der Waals surface area contributed by atoms with Gasteiger partial charge in [-0.2, -0.15) is 0 Å². The maximum absolute atomic E-state index is 12.6. The Morgan fingerprint density at radius 3 is 2.46 bits per heavy atom. The first-order valence-electron chi connectivity index (χ1n) is 7.83. The molecule has 24 heavy (non-hydrogen) atoms. The van der Waals surface area contributed by atoms with Crippen molar-refractivity contribution in [3.05, 3.63) is 17.7 Å². The molecule has 0 N–H and O–H groups in total. The molecule has 7 nitrogen and oxygen atoms in total. The topological polar surface area (TPSA) is 74.3 Å². The highest BCUT2D eigenvalue weighted by molar-refractivity contribution is 6.01. The number of nitrogens with zero attached hydrogens (tertiary/aromatic N) is 1. The normalized spacial score (nSPS) is 18.6. The Morgan fingerprint density at radius 2 is 1.88 bits per heavy atom. The standard InChI is InChI=1S/C17H21NO6/c1-21-13-5-4-11-12(19)10-17(24-14(11)15(13)22-2)6-8-18(9-7-17)16(20)23-3/h4-5H,6-10H2,1-3H3. The fraction of sp³-hybridized carbons (Fsp3) is 0.529. The quantitative estimate of drug-likeness (QED) is 0.825. The summed E-state index contributed by atoms with van der Waals surface area (Å²) in [5, 5.41) is 0. The molecular weight excluding hydrogens is 314 g/mol. The minimum absolute atomic E-state index is 0.0173. The molecule has 0 radical (unpaired) electrons. The number of piperidine rings is 1. The summed E-state index contributed by atoms with van der Waals surface area (Å²) < 4.78 is 21.7. The summed E-state index contributed by atoms with van der Waals surface area (Å²) in [5.74, 6) is 1.40. The molecule has 0 aromatic heterocycles. The van der Waals surface area contributed by atoms with Crippen LogP contribution in [0, 0.1) is 0 Å². The van der Waals surface area contributed by atoms with Crippen LogP contribution in [0.4, 0.5) is 4.79 Å². The smallest absolute Gasteiger partial charge is 0.409 e. The number of amides is 1. The van der Waals surface area contributed by atoms with Gasteiger partial charge in [-0.15, -0.1) is 0 Å². The van der Waals surface area contributed by atoms with E-state index < -0.39 is 5.60 Å². The highest BCUT2D eigenvalue weighted by Crippen LogP contribution is 2.47. The van der Waals surface area contributed by atoms with Crippen LogP contribution in [0.5, 0.6) is 17.2 Å². The van der Waals surface area contributed by atoms with Gasteiger partial charge in [-0.3, -0.25) is 4.79 Å². The van der Waals surface area contributed by atoms with Crippen molar-refractivity contribution < 1.29 is 28.5 Å². The van der Waals surface area contributed by atoms with E-state index in [1.54, 1.807) is 24.1 Å². The molecule has 1 fully saturated rings. The van der Waals surface area contributed by atoms with E-state index >= 15 is 0 Å². The largest absolute Gasteiger partial charge is 0.493 e. The van der Waals surface area contributed by atoms with Gasteiger partial charge >= 0.3 is 6.09 Å². The summed E-state index contributed by atoms with van der Waals surface area (Å²) >= 11 is 0. The lowest BCUT2D eigenvalue weighted by Crippen LogP contribution is -2.52. The first-order chi connectivity index (χ1) is 11.5. The summed E-state index contributed by atoms with van der Waals surface area (Å²) in [4.78, 5) is 25.9. The van der Waals surface area contributed by atoms with Crippen LogP contribution in [-0.4, -0.2) is 56.8 Å². The number of ether oxygens (including phenoxy) is 4. The monoisotopic (exact) mass is 335 g/mol. The molecule has 1 aromatic rings. The number of rotatable bonds is 2. The van der Waals surface area contributed by atoms with E-state index in [1.165, 1.54) is 14.2 Å². The van der Waals surface area contributed by atoms with Gasteiger partial charge in [0.15, 0.2) is 17.3 Å². The van der Waals surface area contributed by atoms with E-state index in [0.717, 1.165) is 0 Å². The SMILES string of the molecule is COC(=O)N1CCC2(CC1)CC(=O)c1ccc(OC)c(OC)c1O2. The molecule has 7 heteroatoms. The van der Waals surface area contributed by atoms with Crippen molar-refractivity contribution in [1.29, 1.82) is 0 Å². The minimum Gasteiger partial charge on any atom is -0.493 e. The summed E-state index contributed by atoms with van der Waals surface area (Å²) in [7, 11) is 4.42. The second kappa shape index (κ2) is 6.22. The number of ketones is 1.